The van der Waals surface area contributed by atoms with Crippen molar-refractivity contribution in [1.29, 1.82) is 0 Å². The molecule has 0 bridgehead atoms. The number of benzene rings is 1. The molecule has 19 heavy (non-hydrogen) atoms. The van der Waals surface area contributed by atoms with E-state index in [1.54, 1.807) is 36.4 Å². The second-order valence-electron chi connectivity index (χ2n) is 4.22. The van der Waals surface area contributed by atoms with Crippen LogP contribution in [0.4, 0.5) is 0 Å². The Balaban J connectivity index is 2.29. The Kier molecular flexibility index (Phi) is 3.76. The largest absolute Gasteiger partial charge is 0.270 e. The van der Waals surface area contributed by atoms with Crippen LogP contribution in [-0.2, 0) is 0 Å². The minimum Gasteiger partial charge on any atom is -0.270 e. The highest BCUT2D eigenvalue weighted by molar-refractivity contribution is 6.21. The number of allylic oxidation sites excluding steroid dienone is 3. The molecule has 0 fully saturated rings. The molecule has 2 rings (SSSR count). The maximum Gasteiger partial charge on any atom is 0.261 e. The minimum absolute atomic E-state index is 0.236. The predicted molar refractivity (Wildman–Crippen MR) is 74.9 cm³/mol. The molecule has 0 unspecified atom stereocenters. The van der Waals surface area contributed by atoms with E-state index in [-0.39, 0.29) is 18.4 Å². The van der Waals surface area contributed by atoms with Crippen molar-refractivity contribution in [2.75, 3.05) is 6.54 Å². The lowest BCUT2D eigenvalue weighted by atomic mass is 10.1. The average Bonchev–Trinajstić information content (AvgIpc) is 2.65. The Morgan fingerprint density at radius 2 is 1.79 bits per heavy atom. The summed E-state index contributed by atoms with van der Waals surface area (Å²) in [4.78, 5) is 25.6. The lowest BCUT2D eigenvalue weighted by Crippen LogP contribution is -2.31. The number of rotatable bonds is 4. The number of fused-ring (bicyclic) bond motifs is 1. The molecular formula is C16H15NO2. The summed E-state index contributed by atoms with van der Waals surface area (Å²) in [6.45, 7) is 5.79. The van der Waals surface area contributed by atoms with Gasteiger partial charge in [0.05, 0.1) is 17.7 Å². The molecule has 3 nitrogen and oxygen atoms in total. The molecule has 0 N–H and O–H groups in total. The van der Waals surface area contributed by atoms with E-state index in [0.29, 0.717) is 11.1 Å². The van der Waals surface area contributed by atoms with Crippen LogP contribution in [0.2, 0.25) is 0 Å². The Morgan fingerprint density at radius 3 is 2.26 bits per heavy atom. The summed E-state index contributed by atoms with van der Waals surface area (Å²) in [5.41, 5.74) is 1.82. The fourth-order valence-corrected chi connectivity index (χ4v) is 2.09. The van der Waals surface area contributed by atoms with Crippen molar-refractivity contribution >= 4 is 11.8 Å². The molecule has 0 saturated carbocycles. The number of amides is 2. The molecule has 0 saturated heterocycles. The van der Waals surface area contributed by atoms with Crippen LogP contribution in [0.3, 0.4) is 0 Å². The Labute approximate surface area is 112 Å². The molecule has 3 heteroatoms. The van der Waals surface area contributed by atoms with E-state index in [9.17, 15) is 9.59 Å². The van der Waals surface area contributed by atoms with Gasteiger partial charge in [0.15, 0.2) is 0 Å². The molecule has 1 aromatic carbocycles. The first kappa shape index (κ1) is 13.0. The minimum atomic E-state index is -0.236. The molecule has 2 amide bonds. The van der Waals surface area contributed by atoms with Gasteiger partial charge in [-0.3, -0.25) is 14.5 Å². The second-order valence-corrected chi connectivity index (χ2v) is 4.22. The summed E-state index contributed by atoms with van der Waals surface area (Å²) < 4.78 is 0. The molecule has 0 radical (unpaired) electrons. The SMILES string of the molecule is C=C/C=C(\C=C/C)CN1C(=O)c2ccccc2C1=O. The normalized spacial score (nSPS) is 15.2. The van der Waals surface area contributed by atoms with E-state index < -0.39 is 0 Å². The van der Waals surface area contributed by atoms with Crippen molar-refractivity contribution in [3.05, 3.63) is 71.8 Å². The zero-order valence-electron chi connectivity index (χ0n) is 10.8. The van der Waals surface area contributed by atoms with Crippen molar-refractivity contribution in [2.24, 2.45) is 0 Å². The van der Waals surface area contributed by atoms with Gasteiger partial charge < -0.3 is 0 Å². The van der Waals surface area contributed by atoms with Crippen LogP contribution in [0.1, 0.15) is 27.6 Å². The van der Waals surface area contributed by atoms with E-state index >= 15 is 0 Å². The van der Waals surface area contributed by atoms with Gasteiger partial charge in [0.2, 0.25) is 0 Å². The molecule has 0 aromatic heterocycles. The van der Waals surface area contributed by atoms with Gasteiger partial charge in [-0.2, -0.15) is 0 Å². The summed E-state index contributed by atoms with van der Waals surface area (Å²) in [5, 5.41) is 0. The smallest absolute Gasteiger partial charge is 0.261 e. The first-order valence-corrected chi connectivity index (χ1v) is 6.08. The average molecular weight is 253 g/mol. The highest BCUT2D eigenvalue weighted by Gasteiger charge is 2.34. The van der Waals surface area contributed by atoms with E-state index in [0.717, 1.165) is 5.57 Å². The first-order chi connectivity index (χ1) is 9.19. The monoisotopic (exact) mass is 253 g/mol. The third-order valence-electron chi connectivity index (χ3n) is 2.93. The Morgan fingerprint density at radius 1 is 1.21 bits per heavy atom. The summed E-state index contributed by atoms with van der Waals surface area (Å²) in [6, 6.07) is 6.89. The zero-order valence-corrected chi connectivity index (χ0v) is 10.8. The molecule has 0 aliphatic carbocycles. The summed E-state index contributed by atoms with van der Waals surface area (Å²) in [6.07, 6.45) is 7.18. The number of carbonyl (C=O) groups excluding carboxylic acids is 2. The van der Waals surface area contributed by atoms with Gasteiger partial charge in [0.25, 0.3) is 11.8 Å². The third-order valence-corrected chi connectivity index (χ3v) is 2.93. The van der Waals surface area contributed by atoms with Crippen molar-refractivity contribution < 1.29 is 9.59 Å². The fourth-order valence-electron chi connectivity index (χ4n) is 2.09. The topological polar surface area (TPSA) is 37.4 Å². The van der Waals surface area contributed by atoms with Crippen molar-refractivity contribution in [3.8, 4) is 0 Å². The van der Waals surface area contributed by atoms with E-state index in [1.807, 2.05) is 19.1 Å². The molecule has 0 spiro atoms. The molecular weight excluding hydrogens is 238 g/mol. The predicted octanol–water partition coefficient (Wildman–Crippen LogP) is 2.97. The third kappa shape index (κ3) is 2.40. The van der Waals surface area contributed by atoms with Crippen LogP contribution in [0.5, 0.6) is 0 Å². The summed E-state index contributed by atoms with van der Waals surface area (Å²) in [5.74, 6) is -0.472. The summed E-state index contributed by atoms with van der Waals surface area (Å²) >= 11 is 0. The molecule has 1 aromatic rings. The number of hydrogen-bond donors (Lipinski definition) is 0. The van der Waals surface area contributed by atoms with Crippen molar-refractivity contribution in [2.45, 2.75) is 6.92 Å². The first-order valence-electron chi connectivity index (χ1n) is 6.08. The maximum absolute atomic E-state index is 12.2. The lowest BCUT2D eigenvalue weighted by Gasteiger charge is -2.14. The lowest BCUT2D eigenvalue weighted by molar-refractivity contribution is 0.0669. The second kappa shape index (κ2) is 5.48. The van der Waals surface area contributed by atoms with Crippen LogP contribution in [0, 0.1) is 0 Å². The quantitative estimate of drug-likeness (QED) is 0.611. The van der Waals surface area contributed by atoms with Gasteiger partial charge in [0, 0.05) is 0 Å². The van der Waals surface area contributed by atoms with Crippen LogP contribution in [-0.4, -0.2) is 23.3 Å². The van der Waals surface area contributed by atoms with E-state index in [1.165, 1.54) is 4.90 Å². The maximum atomic E-state index is 12.2. The van der Waals surface area contributed by atoms with Crippen LogP contribution in [0.15, 0.2) is 60.7 Å². The van der Waals surface area contributed by atoms with Gasteiger partial charge in [0.1, 0.15) is 0 Å². The number of imide groups is 1. The number of hydrogen-bond acceptors (Lipinski definition) is 2. The standard InChI is InChI=1S/C16H15NO2/c1-3-7-12(8-4-2)11-17-15(18)13-9-5-6-10-14(13)16(17)19/h3-10H,1,11H2,2H3/b8-4-,12-7+. The number of nitrogens with zero attached hydrogens (tertiary/aromatic N) is 1. The van der Waals surface area contributed by atoms with Crippen molar-refractivity contribution in [1.82, 2.24) is 4.90 Å². The molecule has 1 heterocycles. The van der Waals surface area contributed by atoms with Gasteiger partial charge in [-0.05, 0) is 24.6 Å². The Hall–Kier alpha value is -2.42. The highest BCUT2D eigenvalue weighted by Crippen LogP contribution is 2.23. The van der Waals surface area contributed by atoms with Gasteiger partial charge in [-0.1, -0.05) is 43.0 Å². The summed E-state index contributed by atoms with van der Waals surface area (Å²) in [7, 11) is 0. The molecule has 96 valence electrons. The van der Waals surface area contributed by atoms with Gasteiger partial charge in [-0.25, -0.2) is 0 Å². The number of carbonyl (C=O) groups is 2. The van der Waals surface area contributed by atoms with Crippen LogP contribution >= 0.6 is 0 Å². The highest BCUT2D eigenvalue weighted by atomic mass is 16.2. The fraction of sp³-hybridized carbons (Fsp3) is 0.125. The molecule has 1 aliphatic rings. The van der Waals surface area contributed by atoms with E-state index in [2.05, 4.69) is 6.58 Å². The van der Waals surface area contributed by atoms with Gasteiger partial charge >= 0.3 is 0 Å². The van der Waals surface area contributed by atoms with E-state index in [4.69, 9.17) is 0 Å². The molecule has 0 atom stereocenters. The van der Waals surface area contributed by atoms with Crippen LogP contribution < -0.4 is 0 Å². The zero-order chi connectivity index (χ0) is 13.8. The van der Waals surface area contributed by atoms with Crippen LogP contribution in [0.25, 0.3) is 0 Å². The van der Waals surface area contributed by atoms with Crippen molar-refractivity contribution in [3.63, 3.8) is 0 Å². The van der Waals surface area contributed by atoms with Gasteiger partial charge in [-0.15, -0.1) is 0 Å². The Bertz CT molecular complexity index is 562. The molecule has 1 aliphatic heterocycles.